The topological polar surface area (TPSA) is 74.0 Å². The van der Waals surface area contributed by atoms with E-state index in [1.54, 1.807) is 54.9 Å². The van der Waals surface area contributed by atoms with Gasteiger partial charge in [-0.2, -0.15) is 0 Å². The number of aromatic nitrogens is 3. The minimum atomic E-state index is -3.93. The molecule has 2 aromatic heterocycles. The Morgan fingerprint density at radius 1 is 0.612 bits per heavy atom. The molecule has 0 spiro atoms. The van der Waals surface area contributed by atoms with E-state index in [2.05, 4.69) is 41.4 Å². The van der Waals surface area contributed by atoms with E-state index in [9.17, 15) is 13.2 Å². The predicted molar refractivity (Wildman–Crippen MR) is 193 cm³/mol. The van der Waals surface area contributed by atoms with Gasteiger partial charge in [-0.3, -0.25) is 4.79 Å². The van der Waals surface area contributed by atoms with Crippen LogP contribution in [0.1, 0.15) is 38.3 Å². The van der Waals surface area contributed by atoms with Crippen molar-refractivity contribution >= 4 is 37.6 Å². The highest BCUT2D eigenvalue weighted by atomic mass is 32.2. The molecular weight excluding hydrogens is 627 g/mol. The quantitative estimate of drug-likeness (QED) is 0.121. The van der Waals surface area contributed by atoms with Crippen LogP contribution in [-0.2, 0) is 15.6 Å². The Morgan fingerprint density at radius 3 is 1.73 bits per heavy atom. The molecule has 0 saturated heterocycles. The lowest BCUT2D eigenvalue weighted by Gasteiger charge is -2.37. The SMILES string of the molecule is Cc1ccc(S(=O)(=O)n2c3ccccc3c3cc(C(=O)c4cn(C(c5ccccc5)(c5ccccc5)c5ccccc5)cn4)ccc32)cc1. The first-order valence-electron chi connectivity index (χ1n) is 16.0. The second-order valence-electron chi connectivity index (χ2n) is 12.1. The van der Waals surface area contributed by atoms with Gasteiger partial charge in [0.25, 0.3) is 10.0 Å². The molecule has 0 aliphatic carbocycles. The summed E-state index contributed by atoms with van der Waals surface area (Å²) in [6, 6.07) is 50.0. The van der Waals surface area contributed by atoms with E-state index in [4.69, 9.17) is 0 Å². The Bertz CT molecular complexity index is 2480. The molecule has 0 bridgehead atoms. The number of para-hydroxylation sites is 1. The predicted octanol–water partition coefficient (Wildman–Crippen LogP) is 8.61. The highest BCUT2D eigenvalue weighted by Gasteiger charge is 2.38. The van der Waals surface area contributed by atoms with E-state index < -0.39 is 15.6 Å². The van der Waals surface area contributed by atoms with Crippen LogP contribution in [-0.4, -0.2) is 27.7 Å². The lowest BCUT2D eigenvalue weighted by atomic mass is 9.77. The van der Waals surface area contributed by atoms with Crippen molar-refractivity contribution in [1.29, 1.82) is 0 Å². The number of hydrogen-bond acceptors (Lipinski definition) is 4. The summed E-state index contributed by atoms with van der Waals surface area (Å²) in [6.45, 7) is 1.92. The first-order chi connectivity index (χ1) is 23.9. The van der Waals surface area contributed by atoms with Crippen molar-refractivity contribution in [2.45, 2.75) is 17.4 Å². The number of imidazole rings is 1. The second-order valence-corrected chi connectivity index (χ2v) is 13.9. The minimum Gasteiger partial charge on any atom is -0.318 e. The molecule has 6 nitrogen and oxygen atoms in total. The van der Waals surface area contributed by atoms with Crippen molar-refractivity contribution < 1.29 is 13.2 Å². The van der Waals surface area contributed by atoms with E-state index >= 15 is 0 Å². The number of rotatable bonds is 8. The fraction of sp³-hybridized carbons (Fsp3) is 0.0476. The van der Waals surface area contributed by atoms with Crippen molar-refractivity contribution in [3.8, 4) is 0 Å². The number of aryl methyl sites for hydroxylation is 1. The van der Waals surface area contributed by atoms with Crippen molar-refractivity contribution in [2.24, 2.45) is 0 Å². The molecule has 0 unspecified atom stereocenters. The summed E-state index contributed by atoms with van der Waals surface area (Å²) in [5.74, 6) is -0.262. The smallest absolute Gasteiger partial charge is 0.268 e. The van der Waals surface area contributed by atoms with Gasteiger partial charge in [0, 0.05) is 22.5 Å². The maximum Gasteiger partial charge on any atom is 0.268 e. The van der Waals surface area contributed by atoms with Gasteiger partial charge >= 0.3 is 0 Å². The first-order valence-corrected chi connectivity index (χ1v) is 17.4. The second kappa shape index (κ2) is 11.9. The zero-order chi connectivity index (χ0) is 33.6. The van der Waals surface area contributed by atoms with Gasteiger partial charge in [0.2, 0.25) is 5.78 Å². The van der Waals surface area contributed by atoms with Crippen LogP contribution in [0.5, 0.6) is 0 Å². The van der Waals surface area contributed by atoms with E-state index in [0.29, 0.717) is 22.0 Å². The summed E-state index contributed by atoms with van der Waals surface area (Å²) in [5.41, 5.74) is 4.97. The number of nitrogens with zero attached hydrogens (tertiary/aromatic N) is 3. The van der Waals surface area contributed by atoms with Gasteiger partial charge in [0.1, 0.15) is 11.2 Å². The molecule has 0 atom stereocenters. The average molecular weight is 658 g/mol. The van der Waals surface area contributed by atoms with Crippen molar-refractivity contribution in [3.63, 3.8) is 0 Å². The average Bonchev–Trinajstić information content (AvgIpc) is 3.77. The summed E-state index contributed by atoms with van der Waals surface area (Å²) in [7, 11) is -3.93. The molecule has 0 aliphatic heterocycles. The van der Waals surface area contributed by atoms with Gasteiger partial charge in [0.05, 0.1) is 22.3 Å². The maximum atomic E-state index is 14.2. The third kappa shape index (κ3) is 4.90. The van der Waals surface area contributed by atoms with E-state index in [-0.39, 0.29) is 16.4 Å². The van der Waals surface area contributed by atoms with Crippen LogP contribution in [0.15, 0.2) is 175 Å². The van der Waals surface area contributed by atoms with E-state index in [0.717, 1.165) is 27.6 Å². The largest absolute Gasteiger partial charge is 0.318 e. The van der Waals surface area contributed by atoms with Crippen LogP contribution in [0.3, 0.4) is 0 Å². The molecule has 0 aliphatic rings. The Kier molecular flexibility index (Phi) is 7.34. The molecule has 8 rings (SSSR count). The Morgan fingerprint density at radius 2 is 1.14 bits per heavy atom. The highest BCUT2D eigenvalue weighted by Crippen LogP contribution is 2.41. The number of hydrogen-bond donors (Lipinski definition) is 0. The fourth-order valence-corrected chi connectivity index (χ4v) is 8.44. The molecule has 0 fully saturated rings. The van der Waals surface area contributed by atoms with Crippen LogP contribution in [0, 0.1) is 6.92 Å². The standard InChI is InChI=1S/C42H31N3O3S/c1-30-21-24-35(25-22-30)49(47,48)45-39-20-12-11-19-36(39)37-27-31(23-26-40(37)45)41(46)38-28-44(29-43-38)42(32-13-5-2-6-14-32,33-15-7-3-8-16-33)34-17-9-4-10-18-34/h2-29H,1H3. The molecule has 0 N–H and O–H groups in total. The van der Waals surface area contributed by atoms with E-state index in [1.165, 1.54) is 3.97 Å². The summed E-state index contributed by atoms with van der Waals surface area (Å²) >= 11 is 0. The molecule has 0 saturated carbocycles. The van der Waals surface area contributed by atoms with Crippen LogP contribution in [0.25, 0.3) is 21.8 Å². The van der Waals surface area contributed by atoms with Crippen LogP contribution in [0.2, 0.25) is 0 Å². The van der Waals surface area contributed by atoms with Gasteiger partial charge in [-0.15, -0.1) is 0 Å². The van der Waals surface area contributed by atoms with Crippen molar-refractivity contribution in [1.82, 2.24) is 13.5 Å². The normalized spacial score (nSPS) is 12.0. The monoisotopic (exact) mass is 657 g/mol. The fourth-order valence-electron chi connectivity index (χ4n) is 6.91. The molecule has 6 aromatic carbocycles. The first kappa shape index (κ1) is 30.3. The van der Waals surface area contributed by atoms with E-state index in [1.807, 2.05) is 90.5 Å². The van der Waals surface area contributed by atoms with Gasteiger partial charge in [-0.05, 0) is 60.0 Å². The third-order valence-corrected chi connectivity index (χ3v) is 11.0. The summed E-state index contributed by atoms with van der Waals surface area (Å²) in [4.78, 5) is 19.1. The maximum absolute atomic E-state index is 14.2. The third-order valence-electron chi connectivity index (χ3n) is 9.23. The number of fused-ring (bicyclic) bond motifs is 3. The lowest BCUT2D eigenvalue weighted by molar-refractivity contribution is 0.103. The highest BCUT2D eigenvalue weighted by molar-refractivity contribution is 7.90. The summed E-state index contributed by atoms with van der Waals surface area (Å²) in [6.07, 6.45) is 3.53. The molecule has 8 aromatic rings. The molecule has 49 heavy (non-hydrogen) atoms. The van der Waals surface area contributed by atoms with Gasteiger partial charge in [-0.25, -0.2) is 17.4 Å². The Balaban J connectivity index is 1.27. The molecule has 7 heteroatoms. The summed E-state index contributed by atoms with van der Waals surface area (Å²) in [5, 5.41) is 1.41. The van der Waals surface area contributed by atoms with Crippen LogP contribution < -0.4 is 0 Å². The Labute approximate surface area is 284 Å². The van der Waals surface area contributed by atoms with Gasteiger partial charge in [0.15, 0.2) is 0 Å². The molecular formula is C42H31N3O3S. The van der Waals surface area contributed by atoms with Crippen LogP contribution >= 0.6 is 0 Å². The number of carbonyl (C=O) groups is 1. The Hall–Kier alpha value is -6.05. The molecule has 2 heterocycles. The lowest BCUT2D eigenvalue weighted by Crippen LogP contribution is -2.37. The number of benzene rings is 6. The van der Waals surface area contributed by atoms with Crippen molar-refractivity contribution in [2.75, 3.05) is 0 Å². The molecule has 0 radical (unpaired) electrons. The van der Waals surface area contributed by atoms with Crippen molar-refractivity contribution in [3.05, 3.63) is 204 Å². The minimum absolute atomic E-state index is 0.199. The number of ketones is 1. The van der Waals surface area contributed by atoms with Gasteiger partial charge < -0.3 is 4.57 Å². The summed E-state index contributed by atoms with van der Waals surface area (Å²) < 4.78 is 31.4. The zero-order valence-electron chi connectivity index (χ0n) is 26.6. The number of carbonyl (C=O) groups excluding carboxylic acids is 1. The van der Waals surface area contributed by atoms with Gasteiger partial charge in [-0.1, -0.05) is 127 Å². The molecule has 238 valence electrons. The molecule has 0 amide bonds. The zero-order valence-corrected chi connectivity index (χ0v) is 27.5. The van der Waals surface area contributed by atoms with Crippen LogP contribution in [0.4, 0.5) is 0 Å².